The van der Waals surface area contributed by atoms with Gasteiger partial charge in [0.1, 0.15) is 10.8 Å². The lowest BCUT2D eigenvalue weighted by Crippen LogP contribution is -2.42. The summed E-state index contributed by atoms with van der Waals surface area (Å²) >= 11 is 1.57. The van der Waals surface area contributed by atoms with E-state index in [-0.39, 0.29) is 11.8 Å². The number of aromatic nitrogens is 1. The van der Waals surface area contributed by atoms with Crippen LogP contribution in [0.15, 0.2) is 78.9 Å². The minimum Gasteiger partial charge on any atom is -0.327 e. The van der Waals surface area contributed by atoms with Crippen molar-refractivity contribution in [2.75, 3.05) is 0 Å². The molecule has 6 heteroatoms. The first-order chi connectivity index (χ1) is 14.2. The first-order valence-electron chi connectivity index (χ1n) is 9.17. The summed E-state index contributed by atoms with van der Waals surface area (Å²) in [4.78, 5) is 17.3. The summed E-state index contributed by atoms with van der Waals surface area (Å²) in [5.41, 5.74) is 4.17. The van der Waals surface area contributed by atoms with Crippen LogP contribution in [0.5, 0.6) is 0 Å². The average molecular weight is 401 g/mol. The predicted octanol–water partition coefficient (Wildman–Crippen LogP) is 5.36. The zero-order chi connectivity index (χ0) is 19.8. The van der Waals surface area contributed by atoms with Crippen LogP contribution in [0.1, 0.15) is 22.2 Å². The van der Waals surface area contributed by atoms with E-state index in [0.29, 0.717) is 5.70 Å². The minimum atomic E-state index is -0.444. The van der Waals surface area contributed by atoms with Gasteiger partial charge in [-0.05, 0) is 35.4 Å². The van der Waals surface area contributed by atoms with Crippen molar-refractivity contribution in [3.63, 3.8) is 0 Å². The number of benzene rings is 3. The zero-order valence-corrected chi connectivity index (χ0v) is 16.0. The molecule has 0 aliphatic carbocycles. The number of nitrogens with one attached hydrogen (secondary N) is 2. The average Bonchev–Trinajstić information content (AvgIpc) is 3.18. The van der Waals surface area contributed by atoms with Gasteiger partial charge in [-0.2, -0.15) is 0 Å². The second kappa shape index (κ2) is 7.14. The van der Waals surface area contributed by atoms with Crippen LogP contribution in [0.25, 0.3) is 21.5 Å². The molecule has 0 fully saturated rings. The van der Waals surface area contributed by atoms with E-state index in [4.69, 9.17) is 4.98 Å². The van der Waals surface area contributed by atoms with Crippen LogP contribution in [0, 0.1) is 5.82 Å². The van der Waals surface area contributed by atoms with Crippen molar-refractivity contribution in [3.8, 4) is 0 Å². The number of hydrogen-bond donors (Lipinski definition) is 2. The van der Waals surface area contributed by atoms with Crippen molar-refractivity contribution in [2.45, 2.75) is 6.04 Å². The molecule has 0 saturated carbocycles. The van der Waals surface area contributed by atoms with E-state index >= 15 is 0 Å². The Balaban J connectivity index is 1.76. The van der Waals surface area contributed by atoms with Crippen molar-refractivity contribution >= 4 is 38.9 Å². The number of amides is 2. The number of nitrogens with zero attached hydrogens (tertiary/aromatic N) is 1. The molecule has 0 spiro atoms. The standard InChI is InChI=1S/C23H16FN3OS/c24-16-12-10-15(11-13-16)21-19(22-25-17-8-4-5-9-18(17)29-22)20(26-23(28)27-21)14-6-2-1-3-7-14/h1-13,21H,(H2,26,27,28)/t21-/m1/s1. The molecule has 2 heterocycles. The highest BCUT2D eigenvalue weighted by Gasteiger charge is 2.31. The Hall–Kier alpha value is -3.51. The first-order valence-corrected chi connectivity index (χ1v) is 9.99. The van der Waals surface area contributed by atoms with Crippen molar-refractivity contribution in [2.24, 2.45) is 0 Å². The van der Waals surface area contributed by atoms with Crippen LogP contribution in [0.4, 0.5) is 9.18 Å². The SMILES string of the molecule is O=C1NC(c2ccccc2)=C(c2nc3ccccc3s2)[C@@H](c2ccc(F)cc2)N1. The number of fused-ring (bicyclic) bond motifs is 1. The van der Waals surface area contributed by atoms with Crippen LogP contribution in [0.2, 0.25) is 0 Å². The Bertz CT molecular complexity index is 1200. The van der Waals surface area contributed by atoms with Crippen molar-refractivity contribution < 1.29 is 9.18 Å². The van der Waals surface area contributed by atoms with Gasteiger partial charge in [0.25, 0.3) is 0 Å². The molecule has 5 rings (SSSR count). The number of urea groups is 1. The lowest BCUT2D eigenvalue weighted by Gasteiger charge is -2.30. The molecule has 2 N–H and O–H groups in total. The van der Waals surface area contributed by atoms with E-state index in [1.807, 2.05) is 54.6 Å². The van der Waals surface area contributed by atoms with E-state index in [0.717, 1.165) is 31.9 Å². The smallest absolute Gasteiger partial charge is 0.320 e. The van der Waals surface area contributed by atoms with Crippen LogP contribution in [0.3, 0.4) is 0 Å². The van der Waals surface area contributed by atoms with E-state index in [9.17, 15) is 9.18 Å². The van der Waals surface area contributed by atoms with Crippen molar-refractivity contribution in [1.82, 2.24) is 15.6 Å². The van der Waals surface area contributed by atoms with E-state index in [2.05, 4.69) is 10.6 Å². The van der Waals surface area contributed by atoms with Gasteiger partial charge in [0.05, 0.1) is 22.0 Å². The van der Waals surface area contributed by atoms with Crippen LogP contribution in [-0.4, -0.2) is 11.0 Å². The zero-order valence-electron chi connectivity index (χ0n) is 15.2. The maximum absolute atomic E-state index is 13.5. The molecule has 0 radical (unpaired) electrons. The molecule has 4 nitrogen and oxygen atoms in total. The van der Waals surface area contributed by atoms with Crippen LogP contribution >= 0.6 is 11.3 Å². The van der Waals surface area contributed by atoms with Gasteiger partial charge < -0.3 is 10.6 Å². The maximum atomic E-state index is 13.5. The molecule has 1 aromatic heterocycles. The van der Waals surface area contributed by atoms with Gasteiger partial charge in [-0.1, -0.05) is 54.6 Å². The molecule has 3 aromatic carbocycles. The molecule has 1 aliphatic heterocycles. The van der Waals surface area contributed by atoms with E-state index < -0.39 is 6.04 Å². The van der Waals surface area contributed by atoms with Crippen LogP contribution < -0.4 is 10.6 Å². The minimum absolute atomic E-state index is 0.303. The Morgan fingerprint density at radius 1 is 0.897 bits per heavy atom. The number of para-hydroxylation sites is 1. The van der Waals surface area contributed by atoms with Gasteiger partial charge in [0, 0.05) is 5.57 Å². The van der Waals surface area contributed by atoms with Gasteiger partial charge in [-0.3, -0.25) is 0 Å². The normalized spacial score (nSPS) is 16.6. The highest BCUT2D eigenvalue weighted by atomic mass is 32.1. The third-order valence-corrected chi connectivity index (χ3v) is 5.93. The highest BCUT2D eigenvalue weighted by molar-refractivity contribution is 7.19. The van der Waals surface area contributed by atoms with Crippen molar-refractivity contribution in [3.05, 3.63) is 101 Å². The molecule has 0 bridgehead atoms. The number of carbonyl (C=O) groups is 1. The molecular formula is C23H16FN3OS. The quantitative estimate of drug-likeness (QED) is 0.486. The summed E-state index contributed by atoms with van der Waals surface area (Å²) in [7, 11) is 0. The number of carbonyl (C=O) groups excluding carboxylic acids is 1. The maximum Gasteiger partial charge on any atom is 0.320 e. The molecule has 1 atom stereocenters. The van der Waals surface area contributed by atoms with Gasteiger partial charge in [-0.15, -0.1) is 11.3 Å². The molecule has 142 valence electrons. The Morgan fingerprint density at radius 3 is 2.38 bits per heavy atom. The lowest BCUT2D eigenvalue weighted by molar-refractivity contribution is 0.242. The highest BCUT2D eigenvalue weighted by Crippen LogP contribution is 2.40. The summed E-state index contributed by atoms with van der Waals surface area (Å²) in [6.07, 6.45) is 0. The van der Waals surface area contributed by atoms with Gasteiger partial charge in [0.2, 0.25) is 0 Å². The fraction of sp³-hybridized carbons (Fsp3) is 0.0435. The van der Waals surface area contributed by atoms with Gasteiger partial charge in [0.15, 0.2) is 0 Å². The number of rotatable bonds is 3. The Kier molecular flexibility index (Phi) is 4.33. The molecule has 29 heavy (non-hydrogen) atoms. The Morgan fingerprint density at radius 2 is 1.62 bits per heavy atom. The third-order valence-electron chi connectivity index (χ3n) is 4.86. The number of hydrogen-bond acceptors (Lipinski definition) is 3. The third kappa shape index (κ3) is 3.28. The fourth-order valence-corrected chi connectivity index (χ4v) is 4.57. The molecule has 2 amide bonds. The molecule has 1 aliphatic rings. The number of halogens is 1. The second-order valence-corrected chi connectivity index (χ2v) is 7.76. The van der Waals surface area contributed by atoms with E-state index in [1.54, 1.807) is 23.5 Å². The molecule has 0 unspecified atom stereocenters. The summed E-state index contributed by atoms with van der Waals surface area (Å²) in [5.74, 6) is -0.317. The van der Waals surface area contributed by atoms with Crippen LogP contribution in [-0.2, 0) is 0 Å². The molecular weight excluding hydrogens is 385 g/mol. The summed E-state index contributed by atoms with van der Waals surface area (Å²) in [6.45, 7) is 0. The monoisotopic (exact) mass is 401 g/mol. The van der Waals surface area contributed by atoms with E-state index in [1.165, 1.54) is 12.1 Å². The van der Waals surface area contributed by atoms with Crippen molar-refractivity contribution in [1.29, 1.82) is 0 Å². The fourth-order valence-electron chi connectivity index (χ4n) is 3.52. The van der Waals surface area contributed by atoms with Gasteiger partial charge in [-0.25, -0.2) is 14.2 Å². The van der Waals surface area contributed by atoms with Gasteiger partial charge >= 0.3 is 6.03 Å². The largest absolute Gasteiger partial charge is 0.327 e. The lowest BCUT2D eigenvalue weighted by atomic mass is 9.93. The molecule has 4 aromatic rings. The molecule has 0 saturated heterocycles. The summed E-state index contributed by atoms with van der Waals surface area (Å²) in [6, 6.07) is 23.1. The topological polar surface area (TPSA) is 54.0 Å². The summed E-state index contributed by atoms with van der Waals surface area (Å²) < 4.78 is 14.6. The number of thiazole rings is 1. The predicted molar refractivity (Wildman–Crippen MR) is 114 cm³/mol. The Labute approximate surface area is 170 Å². The second-order valence-electron chi connectivity index (χ2n) is 6.72. The first kappa shape index (κ1) is 17.6. The summed E-state index contributed by atoms with van der Waals surface area (Å²) in [5, 5.41) is 6.75.